The van der Waals surface area contributed by atoms with Crippen molar-refractivity contribution in [2.45, 2.75) is 39.2 Å². The van der Waals surface area contributed by atoms with Crippen LogP contribution in [0.2, 0.25) is 0 Å². The third-order valence-corrected chi connectivity index (χ3v) is 4.10. The molecule has 0 spiro atoms. The Morgan fingerprint density at radius 3 is 2.48 bits per heavy atom. The molecule has 1 saturated carbocycles. The van der Waals surface area contributed by atoms with Gasteiger partial charge in [-0.05, 0) is 43.5 Å². The zero-order valence-corrected chi connectivity index (χ0v) is 12.7. The molecule has 1 amide bonds. The molecule has 2 N–H and O–H groups in total. The molecule has 0 bridgehead atoms. The van der Waals surface area contributed by atoms with Gasteiger partial charge in [-0.3, -0.25) is 9.59 Å². The van der Waals surface area contributed by atoms with E-state index in [2.05, 4.69) is 10.1 Å². The summed E-state index contributed by atoms with van der Waals surface area (Å²) in [6.07, 6.45) is 2.66. The molecular formula is C16H19F2NO4. The van der Waals surface area contributed by atoms with Crippen molar-refractivity contribution >= 4 is 17.6 Å². The van der Waals surface area contributed by atoms with Crippen molar-refractivity contribution in [3.63, 3.8) is 0 Å². The van der Waals surface area contributed by atoms with Gasteiger partial charge < -0.3 is 15.2 Å². The number of hydrogen-bond acceptors (Lipinski definition) is 3. The van der Waals surface area contributed by atoms with Crippen LogP contribution in [0.5, 0.6) is 5.75 Å². The number of amides is 1. The van der Waals surface area contributed by atoms with E-state index in [4.69, 9.17) is 0 Å². The SMILES string of the molecule is Cc1cc(OC(F)F)ccc1NC(=O)[C@@H]1CCCC[C@@H]1C(=O)O. The van der Waals surface area contributed by atoms with E-state index >= 15 is 0 Å². The number of carbonyl (C=O) groups excluding carboxylic acids is 1. The van der Waals surface area contributed by atoms with Crippen molar-refractivity contribution in [3.05, 3.63) is 23.8 Å². The van der Waals surface area contributed by atoms with Gasteiger partial charge in [-0.25, -0.2) is 0 Å². The lowest BCUT2D eigenvalue weighted by Gasteiger charge is -2.27. The highest BCUT2D eigenvalue weighted by atomic mass is 19.3. The summed E-state index contributed by atoms with van der Waals surface area (Å²) in [5.41, 5.74) is 1.03. The molecule has 1 aromatic rings. The van der Waals surface area contributed by atoms with E-state index in [9.17, 15) is 23.5 Å². The van der Waals surface area contributed by atoms with Crippen LogP contribution in [-0.2, 0) is 9.59 Å². The maximum Gasteiger partial charge on any atom is 0.387 e. The van der Waals surface area contributed by atoms with Crippen LogP contribution in [0.25, 0.3) is 0 Å². The Bertz CT molecular complexity index is 591. The minimum absolute atomic E-state index is 0.0107. The molecule has 0 aliphatic heterocycles. The molecule has 126 valence electrons. The number of ether oxygens (including phenoxy) is 1. The molecule has 7 heteroatoms. The summed E-state index contributed by atoms with van der Waals surface area (Å²) in [6, 6.07) is 4.21. The lowest BCUT2D eigenvalue weighted by Crippen LogP contribution is -2.36. The maximum absolute atomic E-state index is 12.4. The highest BCUT2D eigenvalue weighted by Crippen LogP contribution is 2.32. The quantitative estimate of drug-likeness (QED) is 0.869. The van der Waals surface area contributed by atoms with Gasteiger partial charge in [-0.2, -0.15) is 8.78 Å². The Balaban J connectivity index is 2.08. The molecule has 0 saturated heterocycles. The summed E-state index contributed by atoms with van der Waals surface area (Å²) in [5, 5.41) is 11.9. The van der Waals surface area contributed by atoms with Gasteiger partial charge in [-0.15, -0.1) is 0 Å². The topological polar surface area (TPSA) is 75.6 Å². The third-order valence-electron chi connectivity index (χ3n) is 4.10. The van der Waals surface area contributed by atoms with Gasteiger partial charge in [0.2, 0.25) is 5.91 Å². The molecule has 2 rings (SSSR count). The van der Waals surface area contributed by atoms with E-state index in [1.54, 1.807) is 6.92 Å². The number of anilines is 1. The number of hydrogen-bond donors (Lipinski definition) is 2. The third kappa shape index (κ3) is 4.40. The predicted molar refractivity (Wildman–Crippen MR) is 79.5 cm³/mol. The van der Waals surface area contributed by atoms with Gasteiger partial charge in [0.15, 0.2) is 0 Å². The van der Waals surface area contributed by atoms with E-state index in [1.165, 1.54) is 18.2 Å². The summed E-state index contributed by atoms with van der Waals surface area (Å²) in [6.45, 7) is -1.25. The zero-order valence-electron chi connectivity index (χ0n) is 12.7. The first-order valence-electron chi connectivity index (χ1n) is 7.47. The summed E-state index contributed by atoms with van der Waals surface area (Å²) < 4.78 is 28.6. The molecule has 1 aromatic carbocycles. The zero-order chi connectivity index (χ0) is 17.0. The highest BCUT2D eigenvalue weighted by molar-refractivity contribution is 5.95. The normalized spacial score (nSPS) is 21.0. The van der Waals surface area contributed by atoms with Crippen molar-refractivity contribution in [1.82, 2.24) is 0 Å². The van der Waals surface area contributed by atoms with Crippen LogP contribution in [0.1, 0.15) is 31.2 Å². The molecule has 5 nitrogen and oxygen atoms in total. The molecular weight excluding hydrogens is 308 g/mol. The number of carboxylic acids is 1. The van der Waals surface area contributed by atoms with E-state index in [-0.39, 0.29) is 11.7 Å². The van der Waals surface area contributed by atoms with Crippen LogP contribution < -0.4 is 10.1 Å². The van der Waals surface area contributed by atoms with Gasteiger partial charge in [-0.1, -0.05) is 12.8 Å². The molecule has 1 aliphatic rings. The molecule has 0 unspecified atom stereocenters. The fourth-order valence-corrected chi connectivity index (χ4v) is 2.92. The number of alkyl halides is 2. The molecule has 23 heavy (non-hydrogen) atoms. The van der Waals surface area contributed by atoms with E-state index in [1.807, 2.05) is 0 Å². The second-order valence-corrected chi connectivity index (χ2v) is 5.68. The Kier molecular flexibility index (Phi) is 5.52. The fraction of sp³-hybridized carbons (Fsp3) is 0.500. The summed E-state index contributed by atoms with van der Waals surface area (Å²) >= 11 is 0. The Morgan fingerprint density at radius 1 is 1.26 bits per heavy atom. The average molecular weight is 327 g/mol. The van der Waals surface area contributed by atoms with Crippen LogP contribution in [0, 0.1) is 18.8 Å². The second kappa shape index (κ2) is 7.39. The molecule has 1 fully saturated rings. The number of rotatable bonds is 5. The lowest BCUT2D eigenvalue weighted by atomic mass is 9.78. The average Bonchev–Trinajstić information content (AvgIpc) is 2.49. The number of aryl methyl sites for hydroxylation is 1. The Labute approximate surface area is 132 Å². The fourth-order valence-electron chi connectivity index (χ4n) is 2.92. The van der Waals surface area contributed by atoms with Crippen molar-refractivity contribution in [3.8, 4) is 5.75 Å². The summed E-state index contributed by atoms with van der Waals surface area (Å²) in [4.78, 5) is 23.6. The van der Waals surface area contributed by atoms with Crippen molar-refractivity contribution in [2.24, 2.45) is 11.8 Å². The smallest absolute Gasteiger partial charge is 0.387 e. The minimum atomic E-state index is -2.91. The van der Waals surface area contributed by atoms with Crippen LogP contribution in [0.15, 0.2) is 18.2 Å². The summed E-state index contributed by atoms with van der Waals surface area (Å²) in [5.74, 6) is -2.54. The molecule has 0 aromatic heterocycles. The van der Waals surface area contributed by atoms with Crippen LogP contribution in [0.4, 0.5) is 14.5 Å². The number of benzene rings is 1. The van der Waals surface area contributed by atoms with Gasteiger partial charge in [0, 0.05) is 5.69 Å². The van der Waals surface area contributed by atoms with Gasteiger partial charge in [0.25, 0.3) is 0 Å². The molecule has 0 heterocycles. The standard InChI is InChI=1S/C16H19F2NO4/c1-9-8-10(23-16(17)18)6-7-13(9)19-14(20)11-4-2-3-5-12(11)15(21)22/h6-8,11-12,16H,2-5H2,1H3,(H,19,20)(H,21,22)/t11-,12+/m1/s1. The monoisotopic (exact) mass is 327 g/mol. The number of carbonyl (C=O) groups is 2. The van der Waals surface area contributed by atoms with Crippen LogP contribution in [0.3, 0.4) is 0 Å². The van der Waals surface area contributed by atoms with Gasteiger partial charge in [0.1, 0.15) is 5.75 Å². The predicted octanol–water partition coefficient (Wildman–Crippen LogP) is 3.43. The van der Waals surface area contributed by atoms with E-state index in [0.29, 0.717) is 24.1 Å². The molecule has 2 atom stereocenters. The van der Waals surface area contributed by atoms with Crippen molar-refractivity contribution in [1.29, 1.82) is 0 Å². The Morgan fingerprint density at radius 2 is 1.91 bits per heavy atom. The van der Waals surface area contributed by atoms with Crippen molar-refractivity contribution < 1.29 is 28.2 Å². The number of aliphatic carboxylic acids is 1. The lowest BCUT2D eigenvalue weighted by molar-refractivity contribution is -0.147. The molecule has 1 aliphatic carbocycles. The largest absolute Gasteiger partial charge is 0.481 e. The van der Waals surface area contributed by atoms with Crippen LogP contribution in [-0.4, -0.2) is 23.6 Å². The maximum atomic E-state index is 12.4. The highest BCUT2D eigenvalue weighted by Gasteiger charge is 2.35. The van der Waals surface area contributed by atoms with E-state index < -0.39 is 24.4 Å². The second-order valence-electron chi connectivity index (χ2n) is 5.68. The number of carboxylic acid groups (broad SMARTS) is 1. The van der Waals surface area contributed by atoms with Gasteiger partial charge in [0.05, 0.1) is 11.8 Å². The van der Waals surface area contributed by atoms with Crippen molar-refractivity contribution in [2.75, 3.05) is 5.32 Å². The first kappa shape index (κ1) is 17.2. The molecule has 0 radical (unpaired) electrons. The number of nitrogens with one attached hydrogen (secondary N) is 1. The first-order valence-corrected chi connectivity index (χ1v) is 7.47. The number of halogens is 2. The van der Waals surface area contributed by atoms with Gasteiger partial charge >= 0.3 is 12.6 Å². The summed E-state index contributed by atoms with van der Waals surface area (Å²) in [7, 11) is 0. The van der Waals surface area contributed by atoms with Crippen LogP contribution >= 0.6 is 0 Å². The first-order chi connectivity index (χ1) is 10.9. The Hall–Kier alpha value is -2.18. The minimum Gasteiger partial charge on any atom is -0.481 e. The van der Waals surface area contributed by atoms with E-state index in [0.717, 1.165) is 12.8 Å².